The molecule has 0 amide bonds. The highest BCUT2D eigenvalue weighted by atomic mass is 15.1. The minimum absolute atomic E-state index is 0.330. The quantitative estimate of drug-likeness (QED) is 0.620. The van der Waals surface area contributed by atoms with Crippen molar-refractivity contribution in [2.24, 2.45) is 7.05 Å². The Hall–Kier alpha value is -2.10. The van der Waals surface area contributed by atoms with Crippen LogP contribution in [0.1, 0.15) is 5.69 Å². The fraction of sp³-hybridized carbons (Fsp3) is 0.167. The number of hydrogen-bond donors (Lipinski definition) is 1. The Labute approximate surface area is 92.7 Å². The van der Waals surface area contributed by atoms with E-state index in [1.54, 1.807) is 0 Å². The van der Waals surface area contributed by atoms with Crippen molar-refractivity contribution >= 4 is 27.9 Å². The van der Waals surface area contributed by atoms with Crippen LogP contribution in [0.3, 0.4) is 0 Å². The Balaban J connectivity index is 2.67. The van der Waals surface area contributed by atoms with Crippen molar-refractivity contribution in [1.82, 2.24) is 14.5 Å². The molecule has 2 heterocycles. The highest BCUT2D eigenvalue weighted by Gasteiger charge is 2.12. The number of benzene rings is 1. The first-order valence-corrected chi connectivity index (χ1v) is 5.15. The Kier molecular flexibility index (Phi) is 1.68. The monoisotopic (exact) mass is 212 g/mol. The summed E-state index contributed by atoms with van der Waals surface area (Å²) in [5, 5.41) is 2.27. The molecule has 0 spiro atoms. The van der Waals surface area contributed by atoms with Gasteiger partial charge in [0.05, 0.1) is 11.2 Å². The fourth-order valence-electron chi connectivity index (χ4n) is 2.23. The maximum absolute atomic E-state index is 5.68. The van der Waals surface area contributed by atoms with E-state index in [-0.39, 0.29) is 0 Å². The number of fused-ring (bicyclic) bond motifs is 3. The summed E-state index contributed by atoms with van der Waals surface area (Å²) in [5.41, 5.74) is 8.66. The van der Waals surface area contributed by atoms with Gasteiger partial charge in [0, 0.05) is 17.8 Å². The van der Waals surface area contributed by atoms with E-state index >= 15 is 0 Å². The molecule has 3 rings (SSSR count). The van der Waals surface area contributed by atoms with Gasteiger partial charge in [0.15, 0.2) is 0 Å². The second kappa shape index (κ2) is 2.95. The average molecular weight is 212 g/mol. The summed E-state index contributed by atoms with van der Waals surface area (Å²) in [6.45, 7) is 1.97. The van der Waals surface area contributed by atoms with Crippen molar-refractivity contribution in [3.8, 4) is 0 Å². The third-order valence-electron chi connectivity index (χ3n) is 2.94. The molecule has 80 valence electrons. The standard InChI is InChI=1S/C12H12N4/c1-7-10-8-5-3-4-6-9(8)16(2)11(10)15-12(13)14-7/h3-6H,1-2H3,(H2,13,14,15). The van der Waals surface area contributed by atoms with Crippen molar-refractivity contribution in [3.63, 3.8) is 0 Å². The first kappa shape index (κ1) is 9.15. The molecule has 0 saturated heterocycles. The number of aromatic nitrogens is 3. The zero-order valence-electron chi connectivity index (χ0n) is 9.23. The van der Waals surface area contributed by atoms with Gasteiger partial charge in [0.25, 0.3) is 0 Å². The Morgan fingerprint density at radius 2 is 1.94 bits per heavy atom. The average Bonchev–Trinajstić information content (AvgIpc) is 2.54. The smallest absolute Gasteiger partial charge is 0.222 e. The molecule has 0 unspecified atom stereocenters. The second-order valence-electron chi connectivity index (χ2n) is 3.94. The minimum atomic E-state index is 0.330. The largest absolute Gasteiger partial charge is 0.368 e. The van der Waals surface area contributed by atoms with Crippen molar-refractivity contribution in [3.05, 3.63) is 30.0 Å². The number of nitrogen functional groups attached to an aromatic ring is 1. The summed E-state index contributed by atoms with van der Waals surface area (Å²) in [5.74, 6) is 0.330. The van der Waals surface area contributed by atoms with Crippen LogP contribution in [0.4, 0.5) is 5.95 Å². The molecule has 3 aromatic rings. The van der Waals surface area contributed by atoms with Gasteiger partial charge in [-0.05, 0) is 13.0 Å². The van der Waals surface area contributed by atoms with Gasteiger partial charge in [0.1, 0.15) is 5.65 Å². The van der Waals surface area contributed by atoms with Crippen molar-refractivity contribution in [2.45, 2.75) is 6.92 Å². The van der Waals surface area contributed by atoms with Crippen molar-refractivity contribution in [2.75, 3.05) is 5.73 Å². The highest BCUT2D eigenvalue weighted by Crippen LogP contribution is 2.28. The van der Waals surface area contributed by atoms with Gasteiger partial charge in [-0.15, -0.1) is 0 Å². The molecule has 0 aliphatic heterocycles. The van der Waals surface area contributed by atoms with E-state index < -0.39 is 0 Å². The third-order valence-corrected chi connectivity index (χ3v) is 2.94. The molecule has 1 aromatic carbocycles. The molecule has 0 radical (unpaired) electrons. The van der Waals surface area contributed by atoms with Crippen molar-refractivity contribution < 1.29 is 0 Å². The molecule has 4 heteroatoms. The Bertz CT molecular complexity index is 697. The zero-order chi connectivity index (χ0) is 11.3. The lowest BCUT2D eigenvalue weighted by Crippen LogP contribution is -1.99. The number of anilines is 1. The van der Waals surface area contributed by atoms with Crippen LogP contribution in [0.2, 0.25) is 0 Å². The summed E-state index contributed by atoms with van der Waals surface area (Å²) >= 11 is 0. The van der Waals surface area contributed by atoms with Gasteiger partial charge in [-0.3, -0.25) is 0 Å². The lowest BCUT2D eigenvalue weighted by molar-refractivity contribution is 0.981. The van der Waals surface area contributed by atoms with Crippen LogP contribution in [-0.4, -0.2) is 14.5 Å². The van der Waals surface area contributed by atoms with E-state index in [0.29, 0.717) is 5.95 Å². The van der Waals surface area contributed by atoms with E-state index in [4.69, 9.17) is 5.73 Å². The van der Waals surface area contributed by atoms with Gasteiger partial charge in [-0.25, -0.2) is 4.98 Å². The van der Waals surface area contributed by atoms with E-state index in [9.17, 15) is 0 Å². The normalized spacial score (nSPS) is 11.4. The second-order valence-corrected chi connectivity index (χ2v) is 3.94. The zero-order valence-corrected chi connectivity index (χ0v) is 9.23. The molecule has 0 aliphatic rings. The van der Waals surface area contributed by atoms with Crippen LogP contribution in [0.25, 0.3) is 21.9 Å². The maximum Gasteiger partial charge on any atom is 0.222 e. The van der Waals surface area contributed by atoms with E-state index in [2.05, 4.69) is 26.7 Å². The molecule has 0 fully saturated rings. The molecule has 16 heavy (non-hydrogen) atoms. The van der Waals surface area contributed by atoms with Gasteiger partial charge in [-0.2, -0.15) is 4.98 Å². The van der Waals surface area contributed by atoms with Gasteiger partial charge >= 0.3 is 0 Å². The molecule has 0 aliphatic carbocycles. The van der Waals surface area contributed by atoms with Gasteiger partial charge in [0.2, 0.25) is 5.95 Å². The summed E-state index contributed by atoms with van der Waals surface area (Å²) in [6.07, 6.45) is 0. The summed E-state index contributed by atoms with van der Waals surface area (Å²) in [4.78, 5) is 8.52. The van der Waals surface area contributed by atoms with Crippen LogP contribution in [0.15, 0.2) is 24.3 Å². The van der Waals surface area contributed by atoms with Crippen LogP contribution >= 0.6 is 0 Å². The maximum atomic E-state index is 5.68. The fourth-order valence-corrected chi connectivity index (χ4v) is 2.23. The van der Waals surface area contributed by atoms with Gasteiger partial charge < -0.3 is 10.3 Å². The number of aryl methyl sites for hydroxylation is 2. The number of nitrogens with zero attached hydrogens (tertiary/aromatic N) is 3. The molecule has 4 nitrogen and oxygen atoms in total. The van der Waals surface area contributed by atoms with E-state index in [1.807, 2.05) is 26.1 Å². The summed E-state index contributed by atoms with van der Waals surface area (Å²) < 4.78 is 2.05. The molecule has 0 atom stereocenters. The summed E-state index contributed by atoms with van der Waals surface area (Å²) in [6, 6.07) is 8.21. The minimum Gasteiger partial charge on any atom is -0.368 e. The van der Waals surface area contributed by atoms with Crippen molar-refractivity contribution in [1.29, 1.82) is 0 Å². The molecule has 0 bridgehead atoms. The first-order chi connectivity index (χ1) is 7.68. The van der Waals surface area contributed by atoms with Crippen LogP contribution in [0.5, 0.6) is 0 Å². The van der Waals surface area contributed by atoms with Gasteiger partial charge in [-0.1, -0.05) is 18.2 Å². The third kappa shape index (κ3) is 1.04. The summed E-state index contributed by atoms with van der Waals surface area (Å²) in [7, 11) is 2.00. The van der Waals surface area contributed by atoms with Crippen LogP contribution in [0, 0.1) is 6.92 Å². The van der Waals surface area contributed by atoms with E-state index in [1.165, 1.54) is 5.39 Å². The number of hydrogen-bond acceptors (Lipinski definition) is 3. The SMILES string of the molecule is Cc1nc(N)nc2c1c1ccccc1n2C. The lowest BCUT2D eigenvalue weighted by Gasteiger charge is -1.99. The molecule has 2 aromatic heterocycles. The Morgan fingerprint density at radius 1 is 1.19 bits per heavy atom. The molecule has 2 N–H and O–H groups in total. The predicted octanol–water partition coefficient (Wildman–Crippen LogP) is 2.01. The Morgan fingerprint density at radius 3 is 2.75 bits per heavy atom. The number of rotatable bonds is 0. The topological polar surface area (TPSA) is 56.7 Å². The van der Waals surface area contributed by atoms with Crippen LogP contribution < -0.4 is 5.73 Å². The molecule has 0 saturated carbocycles. The van der Waals surface area contributed by atoms with E-state index in [0.717, 1.165) is 22.2 Å². The number of nitrogens with two attached hydrogens (primary N) is 1. The molecular formula is C12H12N4. The predicted molar refractivity (Wildman–Crippen MR) is 65.2 cm³/mol. The first-order valence-electron chi connectivity index (χ1n) is 5.15. The number of para-hydroxylation sites is 1. The van der Waals surface area contributed by atoms with Crippen LogP contribution in [-0.2, 0) is 7.05 Å². The lowest BCUT2D eigenvalue weighted by atomic mass is 10.2. The molecular weight excluding hydrogens is 200 g/mol. The highest BCUT2D eigenvalue weighted by molar-refractivity contribution is 6.07.